The van der Waals surface area contributed by atoms with Crippen LogP contribution in [0, 0.1) is 12.7 Å². The van der Waals surface area contributed by atoms with Crippen molar-refractivity contribution in [3.05, 3.63) is 51.2 Å². The molecular formula is C16H21FN2S. The van der Waals surface area contributed by atoms with Crippen LogP contribution in [0.25, 0.3) is 0 Å². The standard InChI is InChI=1S/C16H21FN2S/c1-10-5-6-11(7-12(10)17)13(18)8-15-19-14(9-20-15)16(2,3)4/h5-7,9,13H,8,18H2,1-4H3. The summed E-state index contributed by atoms with van der Waals surface area (Å²) in [5.74, 6) is -0.201. The molecule has 0 fully saturated rings. The van der Waals surface area contributed by atoms with Crippen molar-refractivity contribution in [2.24, 2.45) is 5.73 Å². The van der Waals surface area contributed by atoms with Gasteiger partial charge in [0.15, 0.2) is 0 Å². The first-order valence-corrected chi connectivity index (χ1v) is 7.62. The van der Waals surface area contributed by atoms with E-state index in [1.165, 1.54) is 6.07 Å². The topological polar surface area (TPSA) is 38.9 Å². The van der Waals surface area contributed by atoms with Gasteiger partial charge in [-0.2, -0.15) is 0 Å². The third kappa shape index (κ3) is 3.44. The van der Waals surface area contributed by atoms with E-state index in [1.807, 2.05) is 6.07 Å². The highest BCUT2D eigenvalue weighted by Crippen LogP contribution is 2.26. The molecule has 0 aliphatic carbocycles. The third-order valence-corrected chi connectivity index (χ3v) is 4.21. The summed E-state index contributed by atoms with van der Waals surface area (Å²) in [6.07, 6.45) is 0.642. The van der Waals surface area contributed by atoms with E-state index >= 15 is 0 Å². The van der Waals surface area contributed by atoms with Crippen LogP contribution in [-0.4, -0.2) is 4.98 Å². The molecule has 108 valence electrons. The molecule has 0 aliphatic rings. The molecule has 0 saturated carbocycles. The first-order chi connectivity index (χ1) is 9.27. The molecule has 0 aliphatic heterocycles. The maximum absolute atomic E-state index is 13.6. The fourth-order valence-corrected chi connectivity index (χ4v) is 2.98. The van der Waals surface area contributed by atoms with Gasteiger partial charge in [-0.25, -0.2) is 9.37 Å². The van der Waals surface area contributed by atoms with E-state index in [-0.39, 0.29) is 17.3 Å². The van der Waals surface area contributed by atoms with Gasteiger partial charge < -0.3 is 5.73 Å². The largest absolute Gasteiger partial charge is 0.324 e. The van der Waals surface area contributed by atoms with E-state index in [0.717, 1.165) is 16.3 Å². The van der Waals surface area contributed by atoms with E-state index in [2.05, 4.69) is 31.1 Å². The highest BCUT2D eigenvalue weighted by molar-refractivity contribution is 7.09. The quantitative estimate of drug-likeness (QED) is 0.923. The van der Waals surface area contributed by atoms with E-state index in [0.29, 0.717) is 12.0 Å². The van der Waals surface area contributed by atoms with Crippen LogP contribution in [0.15, 0.2) is 23.6 Å². The molecule has 1 aromatic heterocycles. The second-order valence-electron chi connectivity index (χ2n) is 6.20. The molecular weight excluding hydrogens is 271 g/mol. The molecule has 1 atom stereocenters. The Kier molecular flexibility index (Phi) is 4.25. The van der Waals surface area contributed by atoms with Crippen molar-refractivity contribution in [1.29, 1.82) is 0 Å². The first kappa shape index (κ1) is 15.1. The van der Waals surface area contributed by atoms with Crippen LogP contribution in [0.4, 0.5) is 4.39 Å². The predicted octanol–water partition coefficient (Wildman–Crippen LogP) is 4.13. The summed E-state index contributed by atoms with van der Waals surface area (Å²) in [5.41, 5.74) is 8.76. The molecule has 2 aromatic rings. The van der Waals surface area contributed by atoms with Gasteiger partial charge >= 0.3 is 0 Å². The van der Waals surface area contributed by atoms with Crippen molar-refractivity contribution in [1.82, 2.24) is 4.98 Å². The zero-order valence-corrected chi connectivity index (χ0v) is 13.2. The van der Waals surface area contributed by atoms with Crippen LogP contribution in [0.1, 0.15) is 48.6 Å². The number of rotatable bonds is 3. The maximum Gasteiger partial charge on any atom is 0.126 e. The molecule has 0 saturated heterocycles. The van der Waals surface area contributed by atoms with Gasteiger partial charge in [0, 0.05) is 23.3 Å². The van der Waals surface area contributed by atoms with Crippen molar-refractivity contribution < 1.29 is 4.39 Å². The second kappa shape index (κ2) is 5.62. The number of thiazole rings is 1. The summed E-state index contributed by atoms with van der Waals surface area (Å²) in [4.78, 5) is 4.63. The molecule has 1 unspecified atom stereocenters. The van der Waals surface area contributed by atoms with Crippen LogP contribution in [0.2, 0.25) is 0 Å². The van der Waals surface area contributed by atoms with Crippen molar-refractivity contribution in [2.75, 3.05) is 0 Å². The molecule has 0 bridgehead atoms. The summed E-state index contributed by atoms with van der Waals surface area (Å²) < 4.78 is 13.6. The predicted molar refractivity (Wildman–Crippen MR) is 82.6 cm³/mol. The molecule has 1 heterocycles. The molecule has 20 heavy (non-hydrogen) atoms. The molecule has 0 radical (unpaired) electrons. The Bertz CT molecular complexity index is 599. The number of benzene rings is 1. The Morgan fingerprint density at radius 1 is 1.35 bits per heavy atom. The fraction of sp³-hybridized carbons (Fsp3) is 0.438. The van der Waals surface area contributed by atoms with Crippen molar-refractivity contribution in [3.8, 4) is 0 Å². The Labute approximate surface area is 123 Å². The first-order valence-electron chi connectivity index (χ1n) is 6.74. The number of hydrogen-bond donors (Lipinski definition) is 1. The normalized spacial score (nSPS) is 13.5. The van der Waals surface area contributed by atoms with Gasteiger partial charge in [-0.1, -0.05) is 32.9 Å². The lowest BCUT2D eigenvalue weighted by atomic mass is 9.93. The van der Waals surface area contributed by atoms with Crippen LogP contribution >= 0.6 is 11.3 Å². The Morgan fingerprint density at radius 2 is 2.05 bits per heavy atom. The van der Waals surface area contributed by atoms with E-state index in [9.17, 15) is 4.39 Å². The van der Waals surface area contributed by atoms with Crippen LogP contribution < -0.4 is 5.73 Å². The molecule has 0 spiro atoms. The van der Waals surface area contributed by atoms with Gasteiger partial charge in [-0.05, 0) is 24.1 Å². The number of nitrogens with zero attached hydrogens (tertiary/aromatic N) is 1. The minimum atomic E-state index is -0.218. The Balaban J connectivity index is 2.13. The van der Waals surface area contributed by atoms with E-state index in [1.54, 1.807) is 24.3 Å². The zero-order valence-electron chi connectivity index (χ0n) is 12.4. The highest BCUT2D eigenvalue weighted by atomic mass is 32.1. The lowest BCUT2D eigenvalue weighted by Crippen LogP contribution is -2.15. The zero-order chi connectivity index (χ0) is 14.9. The lowest BCUT2D eigenvalue weighted by molar-refractivity contribution is 0.568. The minimum Gasteiger partial charge on any atom is -0.324 e. The number of aryl methyl sites for hydroxylation is 1. The second-order valence-corrected chi connectivity index (χ2v) is 7.14. The SMILES string of the molecule is Cc1ccc(C(N)Cc2nc(C(C)(C)C)cs2)cc1F. The van der Waals surface area contributed by atoms with Gasteiger partial charge in [0.25, 0.3) is 0 Å². The summed E-state index contributed by atoms with van der Waals surface area (Å²) in [5, 5.41) is 3.08. The average Bonchev–Trinajstić information content (AvgIpc) is 2.81. The van der Waals surface area contributed by atoms with Gasteiger partial charge in [0.2, 0.25) is 0 Å². The monoisotopic (exact) mass is 292 g/mol. The average molecular weight is 292 g/mol. The van der Waals surface area contributed by atoms with Crippen molar-refractivity contribution >= 4 is 11.3 Å². The summed E-state index contributed by atoms with van der Waals surface area (Å²) in [7, 11) is 0. The summed E-state index contributed by atoms with van der Waals surface area (Å²) in [6, 6.07) is 4.97. The van der Waals surface area contributed by atoms with Gasteiger partial charge in [0.1, 0.15) is 5.82 Å². The molecule has 2 nitrogen and oxygen atoms in total. The smallest absolute Gasteiger partial charge is 0.126 e. The van der Waals surface area contributed by atoms with Gasteiger partial charge in [-0.3, -0.25) is 0 Å². The van der Waals surface area contributed by atoms with Crippen LogP contribution in [0.3, 0.4) is 0 Å². The molecule has 2 N–H and O–H groups in total. The Morgan fingerprint density at radius 3 is 2.60 bits per heavy atom. The van der Waals surface area contributed by atoms with Crippen molar-refractivity contribution in [2.45, 2.75) is 45.6 Å². The fourth-order valence-electron chi connectivity index (χ4n) is 1.89. The van der Waals surface area contributed by atoms with E-state index in [4.69, 9.17) is 5.73 Å². The Hall–Kier alpha value is -1.26. The molecule has 1 aromatic carbocycles. The summed E-state index contributed by atoms with van der Waals surface area (Å²) >= 11 is 1.62. The molecule has 0 amide bonds. The third-order valence-electron chi connectivity index (χ3n) is 3.34. The number of aromatic nitrogens is 1. The van der Waals surface area contributed by atoms with E-state index < -0.39 is 0 Å². The molecule has 2 rings (SSSR count). The number of nitrogens with two attached hydrogens (primary N) is 1. The van der Waals surface area contributed by atoms with Gasteiger partial charge in [0.05, 0.1) is 10.7 Å². The lowest BCUT2D eigenvalue weighted by Gasteiger charge is -2.14. The van der Waals surface area contributed by atoms with Crippen LogP contribution in [0.5, 0.6) is 0 Å². The number of hydrogen-bond acceptors (Lipinski definition) is 3. The van der Waals surface area contributed by atoms with Crippen molar-refractivity contribution in [3.63, 3.8) is 0 Å². The number of halogens is 1. The molecule has 4 heteroatoms. The van der Waals surface area contributed by atoms with Crippen LogP contribution in [-0.2, 0) is 11.8 Å². The minimum absolute atomic E-state index is 0.0504. The maximum atomic E-state index is 13.6. The summed E-state index contributed by atoms with van der Waals surface area (Å²) in [6.45, 7) is 8.17. The highest BCUT2D eigenvalue weighted by Gasteiger charge is 2.18. The van der Waals surface area contributed by atoms with Gasteiger partial charge in [-0.15, -0.1) is 11.3 Å².